The summed E-state index contributed by atoms with van der Waals surface area (Å²) in [4.78, 5) is 11.5. The molecule has 0 aliphatic heterocycles. The Balaban J connectivity index is 2.44. The van der Waals surface area contributed by atoms with Crippen molar-refractivity contribution < 1.29 is 13.2 Å². The molecule has 1 aromatic carbocycles. The van der Waals surface area contributed by atoms with Crippen LogP contribution in [-0.4, -0.2) is 19.9 Å². The lowest BCUT2D eigenvalue weighted by Gasteiger charge is -2.06. The van der Waals surface area contributed by atoms with E-state index in [2.05, 4.69) is 36.3 Å². The normalized spacial score (nSPS) is 15.8. The van der Waals surface area contributed by atoms with Gasteiger partial charge in [0.1, 0.15) is 0 Å². The van der Waals surface area contributed by atoms with Crippen LogP contribution >= 0.6 is 43.5 Å². The van der Waals surface area contributed by atoms with Crippen LogP contribution in [-0.2, 0) is 14.8 Å². The Bertz CT molecular complexity index is 740. The van der Waals surface area contributed by atoms with Crippen molar-refractivity contribution in [3.63, 3.8) is 0 Å². The fourth-order valence-corrected chi connectivity index (χ4v) is 3.65. The van der Waals surface area contributed by atoms with Gasteiger partial charge in [0.25, 0.3) is 10.0 Å². The summed E-state index contributed by atoms with van der Waals surface area (Å²) in [6, 6.07) is 5.67. The van der Waals surface area contributed by atoms with Crippen LogP contribution in [0, 0.1) is 0 Å². The van der Waals surface area contributed by atoms with Gasteiger partial charge in [-0.3, -0.25) is 4.79 Å². The molecule has 0 fully saturated rings. The maximum absolute atomic E-state index is 12.1. The number of carbonyl (C=O) groups is 1. The van der Waals surface area contributed by atoms with Gasteiger partial charge in [-0.25, -0.2) is 0 Å². The fraction of sp³-hybridized carbons (Fsp3) is 0. The number of hydrogen-bond donors (Lipinski definition) is 0. The van der Waals surface area contributed by atoms with Crippen LogP contribution in [0.15, 0.2) is 54.7 Å². The minimum Gasteiger partial charge on any atom is -0.287 e. The highest BCUT2D eigenvalue weighted by atomic mass is 79.9. The number of ketones is 1. The molecule has 20 heavy (non-hydrogen) atoms. The summed E-state index contributed by atoms with van der Waals surface area (Å²) < 4.78 is 28.4. The number of benzene rings is 1. The first-order valence-electron chi connectivity index (χ1n) is 5.19. The van der Waals surface area contributed by atoms with Gasteiger partial charge < -0.3 is 0 Å². The van der Waals surface area contributed by atoms with Crippen molar-refractivity contribution >= 4 is 65.0 Å². The number of halogens is 3. The zero-order chi connectivity index (χ0) is 14.9. The topological polar surface area (TPSA) is 63.6 Å². The minimum atomic E-state index is -3.85. The molecule has 0 atom stereocenters. The quantitative estimate of drug-likeness (QED) is 0.662. The van der Waals surface area contributed by atoms with Crippen molar-refractivity contribution in [3.8, 4) is 0 Å². The third-order valence-corrected chi connectivity index (χ3v) is 5.07. The lowest BCUT2D eigenvalue weighted by atomic mass is 10.2. The summed E-state index contributed by atoms with van der Waals surface area (Å²) >= 11 is 11.8. The number of Topliss-reactive ketones (excluding diaryl/α,β-unsaturated/α-hetero) is 1. The molecule has 0 unspecified atom stereocenters. The number of hydrogen-bond acceptors (Lipinski definition) is 3. The molecule has 2 rings (SSSR count). The lowest BCUT2D eigenvalue weighted by Crippen LogP contribution is -2.09. The standard InChI is InChI=1S/C12H6Br2ClNO3S/c13-10-5-8(6-11(14)12(10)17)16-20(18,19)9-3-1-7(15)2-4-9/h1-6H. The van der Waals surface area contributed by atoms with Crippen LogP contribution < -0.4 is 0 Å². The Morgan fingerprint density at radius 1 is 1.00 bits per heavy atom. The van der Waals surface area contributed by atoms with E-state index in [1.807, 2.05) is 0 Å². The molecule has 0 amide bonds. The van der Waals surface area contributed by atoms with Crippen molar-refractivity contribution in [2.45, 2.75) is 4.90 Å². The van der Waals surface area contributed by atoms with Gasteiger partial charge in [0.2, 0.25) is 5.78 Å². The maximum Gasteiger partial charge on any atom is 0.282 e. The number of nitrogens with zero attached hydrogens (tertiary/aromatic N) is 1. The summed E-state index contributed by atoms with van der Waals surface area (Å²) in [6.07, 6.45) is 2.70. The lowest BCUT2D eigenvalue weighted by molar-refractivity contribution is -0.110. The minimum absolute atomic E-state index is 0.0281. The predicted molar refractivity (Wildman–Crippen MR) is 85.1 cm³/mol. The van der Waals surface area contributed by atoms with Crippen LogP contribution in [0.2, 0.25) is 5.02 Å². The van der Waals surface area contributed by atoms with Crippen molar-refractivity contribution in [1.29, 1.82) is 0 Å². The van der Waals surface area contributed by atoms with Crippen LogP contribution in [0.4, 0.5) is 0 Å². The Labute approximate surface area is 137 Å². The summed E-state index contributed by atoms with van der Waals surface area (Å²) in [6.45, 7) is 0. The summed E-state index contributed by atoms with van der Waals surface area (Å²) in [7, 11) is -3.85. The van der Waals surface area contributed by atoms with Crippen molar-refractivity contribution in [1.82, 2.24) is 0 Å². The molecular formula is C12H6Br2ClNO3S. The number of sulfonamides is 1. The Hall–Kier alpha value is -0.760. The van der Waals surface area contributed by atoms with Gasteiger partial charge in [0.05, 0.1) is 19.6 Å². The number of rotatable bonds is 2. The molecule has 0 N–H and O–H groups in total. The Morgan fingerprint density at radius 2 is 1.50 bits per heavy atom. The van der Waals surface area contributed by atoms with Crippen molar-refractivity contribution in [3.05, 3.63) is 50.4 Å². The highest BCUT2D eigenvalue weighted by Crippen LogP contribution is 2.24. The first kappa shape index (κ1) is 15.6. The fourth-order valence-electron chi connectivity index (χ4n) is 1.40. The van der Waals surface area contributed by atoms with E-state index in [-0.39, 0.29) is 25.4 Å². The third kappa shape index (κ3) is 3.46. The van der Waals surface area contributed by atoms with E-state index in [9.17, 15) is 13.2 Å². The number of carbonyl (C=O) groups excluding carboxylic acids is 1. The van der Waals surface area contributed by atoms with Gasteiger partial charge in [-0.05, 0) is 68.3 Å². The number of allylic oxidation sites excluding steroid dienone is 4. The van der Waals surface area contributed by atoms with Gasteiger partial charge >= 0.3 is 0 Å². The van der Waals surface area contributed by atoms with E-state index in [4.69, 9.17) is 11.6 Å². The average Bonchev–Trinajstić information content (AvgIpc) is 2.36. The molecule has 0 heterocycles. The van der Waals surface area contributed by atoms with Crippen molar-refractivity contribution in [2.75, 3.05) is 0 Å². The van der Waals surface area contributed by atoms with Gasteiger partial charge in [-0.2, -0.15) is 12.8 Å². The summed E-state index contributed by atoms with van der Waals surface area (Å²) in [5.74, 6) is -0.271. The zero-order valence-electron chi connectivity index (χ0n) is 9.68. The molecule has 8 heteroatoms. The van der Waals surface area contributed by atoms with E-state index in [1.165, 1.54) is 36.4 Å². The molecule has 0 saturated heterocycles. The van der Waals surface area contributed by atoms with E-state index < -0.39 is 10.0 Å². The second kappa shape index (κ2) is 5.93. The second-order valence-electron chi connectivity index (χ2n) is 3.76. The van der Waals surface area contributed by atoms with Crippen LogP contribution in [0.3, 0.4) is 0 Å². The van der Waals surface area contributed by atoms with Gasteiger partial charge in [0, 0.05) is 5.02 Å². The van der Waals surface area contributed by atoms with Gasteiger partial charge in [-0.1, -0.05) is 11.6 Å². The molecule has 0 radical (unpaired) electrons. The first-order chi connectivity index (χ1) is 9.29. The van der Waals surface area contributed by atoms with Crippen molar-refractivity contribution in [2.24, 2.45) is 4.40 Å². The molecule has 0 saturated carbocycles. The second-order valence-corrected chi connectivity index (χ2v) is 7.51. The van der Waals surface area contributed by atoms with E-state index in [1.54, 1.807) is 0 Å². The molecule has 104 valence electrons. The molecular weight excluding hydrogens is 433 g/mol. The predicted octanol–water partition coefficient (Wildman–Crippen LogP) is 3.61. The maximum atomic E-state index is 12.1. The Kier molecular flexibility index (Phi) is 4.63. The molecule has 0 spiro atoms. The molecule has 4 nitrogen and oxygen atoms in total. The Morgan fingerprint density at radius 3 is 2.00 bits per heavy atom. The molecule has 0 aromatic heterocycles. The smallest absolute Gasteiger partial charge is 0.282 e. The highest BCUT2D eigenvalue weighted by molar-refractivity contribution is 9.13. The van der Waals surface area contributed by atoms with Gasteiger partial charge in [0.15, 0.2) is 0 Å². The molecule has 1 aliphatic carbocycles. The zero-order valence-corrected chi connectivity index (χ0v) is 14.4. The molecule has 0 bridgehead atoms. The summed E-state index contributed by atoms with van der Waals surface area (Å²) in [5, 5.41) is 0.435. The monoisotopic (exact) mass is 437 g/mol. The third-order valence-electron chi connectivity index (χ3n) is 2.32. The average molecular weight is 440 g/mol. The van der Waals surface area contributed by atoms with E-state index in [0.717, 1.165) is 0 Å². The van der Waals surface area contributed by atoms with Crippen LogP contribution in [0.1, 0.15) is 0 Å². The van der Waals surface area contributed by atoms with E-state index >= 15 is 0 Å². The largest absolute Gasteiger partial charge is 0.287 e. The summed E-state index contributed by atoms with van der Waals surface area (Å²) in [5.41, 5.74) is 0.151. The highest BCUT2D eigenvalue weighted by Gasteiger charge is 2.19. The van der Waals surface area contributed by atoms with Crippen LogP contribution in [0.5, 0.6) is 0 Å². The molecule has 1 aromatic rings. The SMILES string of the molecule is O=C1C(Br)=CC(=NS(=O)(=O)c2ccc(Cl)cc2)C=C1Br. The van der Waals surface area contributed by atoms with Gasteiger partial charge in [-0.15, -0.1) is 0 Å². The van der Waals surface area contributed by atoms with Crippen LogP contribution in [0.25, 0.3) is 0 Å². The molecule has 1 aliphatic rings. The first-order valence-corrected chi connectivity index (χ1v) is 8.59. The van der Waals surface area contributed by atoms with E-state index in [0.29, 0.717) is 5.02 Å².